The molecule has 0 bridgehead atoms. The maximum atomic E-state index is 12.4. The fraction of sp³-hybridized carbons (Fsp3) is 0.333. The van der Waals surface area contributed by atoms with Gasteiger partial charge in [-0.2, -0.15) is 0 Å². The van der Waals surface area contributed by atoms with Crippen LogP contribution < -0.4 is 10.9 Å². The van der Waals surface area contributed by atoms with Crippen LogP contribution in [0.1, 0.15) is 48.4 Å². The first kappa shape index (κ1) is 18.0. The smallest absolute Gasteiger partial charge is 0.269 e. The molecule has 0 atom stereocenters. The summed E-state index contributed by atoms with van der Waals surface area (Å²) in [6.45, 7) is 8.20. The van der Waals surface area contributed by atoms with Crippen molar-refractivity contribution < 1.29 is 9.59 Å². The zero-order valence-corrected chi connectivity index (χ0v) is 15.7. The molecule has 26 heavy (non-hydrogen) atoms. The number of aromatic nitrogens is 1. The maximum absolute atomic E-state index is 12.4. The van der Waals surface area contributed by atoms with Crippen LogP contribution in [0.2, 0.25) is 0 Å². The Kier molecular flexibility index (Phi) is 4.72. The molecule has 2 aromatic rings. The highest BCUT2D eigenvalue weighted by molar-refractivity contribution is 5.94. The summed E-state index contributed by atoms with van der Waals surface area (Å²) in [5, 5.41) is 0. The Hall–Kier alpha value is -2.82. The normalized spacial score (nSPS) is 16.2. The van der Waals surface area contributed by atoms with Crippen LogP contribution in [0, 0.1) is 19.3 Å². The van der Waals surface area contributed by atoms with E-state index < -0.39 is 0 Å². The van der Waals surface area contributed by atoms with E-state index in [1.165, 1.54) is 0 Å². The van der Waals surface area contributed by atoms with Gasteiger partial charge in [-0.3, -0.25) is 15.0 Å². The van der Waals surface area contributed by atoms with Crippen LogP contribution in [0.3, 0.4) is 0 Å². The van der Waals surface area contributed by atoms with Crippen LogP contribution >= 0.6 is 0 Å². The predicted octanol–water partition coefficient (Wildman–Crippen LogP) is 3.60. The third-order valence-corrected chi connectivity index (χ3v) is 4.65. The van der Waals surface area contributed by atoms with Gasteiger partial charge in [0.15, 0.2) is 5.78 Å². The van der Waals surface area contributed by atoms with Gasteiger partial charge in [-0.15, -0.1) is 0 Å². The summed E-state index contributed by atoms with van der Waals surface area (Å²) >= 11 is 0. The first-order valence-electron chi connectivity index (χ1n) is 8.80. The SMILES string of the molecule is Cc1ccc(C)n1-c1ccc(C(=O)NNC2=CC(=O)CC(C)(C)C2)cc1. The standard InChI is InChI=1S/C21H25N3O2/c1-14-5-6-15(2)24(14)18-9-7-16(8-10-18)20(26)23-22-17-11-19(25)13-21(3,4)12-17/h5-11,22H,12-13H2,1-4H3,(H,23,26). The lowest BCUT2D eigenvalue weighted by Gasteiger charge is -2.29. The van der Waals surface area contributed by atoms with Crippen LogP contribution in [0.4, 0.5) is 0 Å². The first-order valence-corrected chi connectivity index (χ1v) is 8.80. The molecular weight excluding hydrogens is 326 g/mol. The summed E-state index contributed by atoms with van der Waals surface area (Å²) in [6.07, 6.45) is 2.84. The zero-order valence-electron chi connectivity index (χ0n) is 15.7. The fourth-order valence-corrected chi connectivity index (χ4v) is 3.47. The third-order valence-electron chi connectivity index (χ3n) is 4.65. The van der Waals surface area contributed by atoms with Crippen molar-refractivity contribution in [2.75, 3.05) is 0 Å². The molecule has 0 spiro atoms. The topological polar surface area (TPSA) is 63.1 Å². The largest absolute Gasteiger partial charge is 0.319 e. The minimum absolute atomic E-state index is 0.0832. The monoisotopic (exact) mass is 351 g/mol. The molecular formula is C21H25N3O2. The van der Waals surface area contributed by atoms with Crippen molar-refractivity contribution in [2.45, 2.75) is 40.5 Å². The average Bonchev–Trinajstić information content (AvgIpc) is 2.90. The number of nitrogens with zero attached hydrogens (tertiary/aromatic N) is 1. The summed E-state index contributed by atoms with van der Waals surface area (Å²) in [5.41, 5.74) is 10.1. The molecule has 1 aliphatic carbocycles. The molecule has 1 aromatic carbocycles. The summed E-state index contributed by atoms with van der Waals surface area (Å²) < 4.78 is 2.14. The van der Waals surface area contributed by atoms with E-state index >= 15 is 0 Å². The quantitative estimate of drug-likeness (QED) is 0.827. The Balaban J connectivity index is 1.67. The molecule has 1 aliphatic rings. The second-order valence-electron chi connectivity index (χ2n) is 7.73. The molecule has 0 aliphatic heterocycles. The van der Waals surface area contributed by atoms with E-state index in [4.69, 9.17) is 0 Å². The Labute approximate surface area is 154 Å². The minimum atomic E-state index is -0.228. The number of allylic oxidation sites excluding steroid dienone is 2. The molecule has 5 nitrogen and oxygen atoms in total. The molecule has 0 radical (unpaired) electrons. The van der Waals surface area contributed by atoms with Crippen LogP contribution in [0.15, 0.2) is 48.2 Å². The van der Waals surface area contributed by atoms with E-state index in [-0.39, 0.29) is 17.1 Å². The number of hydrogen-bond acceptors (Lipinski definition) is 3. The molecule has 0 fully saturated rings. The van der Waals surface area contributed by atoms with E-state index in [9.17, 15) is 9.59 Å². The summed E-state index contributed by atoms with van der Waals surface area (Å²) in [4.78, 5) is 24.1. The van der Waals surface area contributed by atoms with Gasteiger partial charge in [0.05, 0.1) is 0 Å². The summed E-state index contributed by atoms with van der Waals surface area (Å²) in [5.74, 6) is -0.144. The molecule has 2 N–H and O–H groups in total. The fourth-order valence-electron chi connectivity index (χ4n) is 3.47. The van der Waals surface area contributed by atoms with Crippen LogP contribution in [0.25, 0.3) is 5.69 Å². The number of hydrogen-bond donors (Lipinski definition) is 2. The highest BCUT2D eigenvalue weighted by Gasteiger charge is 2.27. The number of carbonyl (C=O) groups excluding carboxylic acids is 2. The van der Waals surface area contributed by atoms with Gasteiger partial charge in [0.25, 0.3) is 5.91 Å². The van der Waals surface area contributed by atoms with Gasteiger partial charge in [-0.25, -0.2) is 0 Å². The molecule has 0 unspecified atom stereocenters. The Bertz CT molecular complexity index is 854. The molecule has 1 amide bonds. The lowest BCUT2D eigenvalue weighted by molar-refractivity contribution is -0.117. The van der Waals surface area contributed by atoms with Gasteiger partial charge in [0.1, 0.15) is 0 Å². The van der Waals surface area contributed by atoms with Crippen molar-refractivity contribution in [3.63, 3.8) is 0 Å². The number of rotatable bonds is 4. The van der Waals surface area contributed by atoms with Crippen LogP contribution in [-0.2, 0) is 4.79 Å². The highest BCUT2D eigenvalue weighted by atomic mass is 16.2. The van der Waals surface area contributed by atoms with Gasteiger partial charge in [-0.1, -0.05) is 13.8 Å². The number of nitrogens with one attached hydrogen (secondary N) is 2. The van der Waals surface area contributed by atoms with Gasteiger partial charge in [0.2, 0.25) is 0 Å². The zero-order chi connectivity index (χ0) is 18.9. The average molecular weight is 351 g/mol. The van der Waals surface area contributed by atoms with E-state index in [2.05, 4.69) is 41.4 Å². The lowest BCUT2D eigenvalue weighted by atomic mass is 9.79. The summed E-state index contributed by atoms with van der Waals surface area (Å²) in [6, 6.07) is 11.6. The highest BCUT2D eigenvalue weighted by Crippen LogP contribution is 2.32. The first-order chi connectivity index (χ1) is 12.2. The second kappa shape index (κ2) is 6.83. The number of amides is 1. The maximum Gasteiger partial charge on any atom is 0.269 e. The van der Waals surface area contributed by atoms with E-state index in [0.29, 0.717) is 12.0 Å². The van der Waals surface area contributed by atoms with Crippen molar-refractivity contribution in [1.29, 1.82) is 0 Å². The van der Waals surface area contributed by atoms with E-state index in [1.54, 1.807) is 18.2 Å². The van der Waals surface area contributed by atoms with Gasteiger partial charge in [0, 0.05) is 40.8 Å². The third kappa shape index (κ3) is 3.87. The van der Waals surface area contributed by atoms with Crippen molar-refractivity contribution in [1.82, 2.24) is 15.4 Å². The number of hydrazine groups is 1. The predicted molar refractivity (Wildman–Crippen MR) is 102 cm³/mol. The summed E-state index contributed by atoms with van der Waals surface area (Å²) in [7, 11) is 0. The van der Waals surface area contributed by atoms with Gasteiger partial charge in [-0.05, 0) is 62.1 Å². The molecule has 0 saturated heterocycles. The van der Waals surface area contributed by atoms with Crippen molar-refractivity contribution in [3.8, 4) is 5.69 Å². The number of ketones is 1. The van der Waals surface area contributed by atoms with Crippen LogP contribution in [0.5, 0.6) is 0 Å². The molecule has 136 valence electrons. The van der Waals surface area contributed by atoms with Crippen LogP contribution in [-0.4, -0.2) is 16.3 Å². The Morgan fingerprint density at radius 1 is 1.00 bits per heavy atom. The second-order valence-corrected chi connectivity index (χ2v) is 7.73. The molecule has 3 rings (SSSR count). The van der Waals surface area contributed by atoms with E-state index in [1.807, 2.05) is 26.0 Å². The Morgan fingerprint density at radius 2 is 1.62 bits per heavy atom. The number of carbonyl (C=O) groups is 2. The lowest BCUT2D eigenvalue weighted by Crippen LogP contribution is -2.39. The van der Waals surface area contributed by atoms with Gasteiger partial charge >= 0.3 is 0 Å². The number of benzene rings is 1. The van der Waals surface area contributed by atoms with Crippen molar-refractivity contribution in [3.05, 3.63) is 65.1 Å². The van der Waals surface area contributed by atoms with Gasteiger partial charge < -0.3 is 9.99 Å². The van der Waals surface area contributed by atoms with Crippen molar-refractivity contribution in [2.24, 2.45) is 5.41 Å². The molecule has 1 aromatic heterocycles. The number of aryl methyl sites for hydroxylation is 2. The Morgan fingerprint density at radius 3 is 2.19 bits per heavy atom. The molecule has 5 heteroatoms. The molecule has 1 heterocycles. The minimum Gasteiger partial charge on any atom is -0.319 e. The van der Waals surface area contributed by atoms with Crippen molar-refractivity contribution >= 4 is 11.7 Å². The molecule has 0 saturated carbocycles. The van der Waals surface area contributed by atoms with E-state index in [0.717, 1.165) is 29.2 Å².